The lowest BCUT2D eigenvalue weighted by Gasteiger charge is -2.08. The first-order valence-electron chi connectivity index (χ1n) is 5.07. The largest absolute Gasteiger partial charge is 0.496 e. The van der Waals surface area contributed by atoms with Gasteiger partial charge >= 0.3 is 5.97 Å². The van der Waals surface area contributed by atoms with Gasteiger partial charge in [-0.3, -0.25) is 0 Å². The highest BCUT2D eigenvalue weighted by molar-refractivity contribution is 5.85. The molecule has 1 aromatic heterocycles. The highest BCUT2D eigenvalue weighted by Gasteiger charge is 2.08. The third-order valence-electron chi connectivity index (χ3n) is 2.40. The Bertz CT molecular complexity index is 540. The molecule has 1 aromatic carbocycles. The number of carbonyl (C=O) groups is 1. The van der Waals surface area contributed by atoms with E-state index >= 15 is 0 Å². The summed E-state index contributed by atoms with van der Waals surface area (Å²) >= 11 is 0. The molecule has 0 aliphatic carbocycles. The molecule has 1 N–H and O–H groups in total. The molecule has 96 valence electrons. The Morgan fingerprint density at radius 3 is 2.78 bits per heavy atom. The highest BCUT2D eigenvalue weighted by Crippen LogP contribution is 2.18. The number of halogens is 1. The maximum absolute atomic E-state index is 10.7. The van der Waals surface area contributed by atoms with Crippen LogP contribution in [0.3, 0.4) is 0 Å². The van der Waals surface area contributed by atoms with E-state index in [0.29, 0.717) is 6.54 Å². The number of hydrogen-bond donors (Lipinski definition) is 1. The predicted octanol–water partition coefficient (Wildman–Crippen LogP) is 2.06. The molecule has 5 nitrogen and oxygen atoms in total. The van der Waals surface area contributed by atoms with Crippen LogP contribution in [0.5, 0.6) is 5.75 Å². The lowest BCUT2D eigenvalue weighted by Crippen LogP contribution is -2.00. The number of carboxylic acid groups (broad SMARTS) is 1. The molecule has 6 heteroatoms. The Labute approximate surface area is 110 Å². The van der Waals surface area contributed by atoms with Crippen LogP contribution >= 0.6 is 12.4 Å². The highest BCUT2D eigenvalue weighted by atomic mass is 35.5. The quantitative estimate of drug-likeness (QED) is 0.922. The van der Waals surface area contributed by atoms with Gasteiger partial charge in [-0.1, -0.05) is 18.2 Å². The monoisotopic (exact) mass is 268 g/mol. The van der Waals surface area contributed by atoms with Gasteiger partial charge < -0.3 is 14.4 Å². The molecule has 0 unspecified atom stereocenters. The number of carboxylic acids is 1. The van der Waals surface area contributed by atoms with Gasteiger partial charge in [0.25, 0.3) is 0 Å². The van der Waals surface area contributed by atoms with Gasteiger partial charge in [0.1, 0.15) is 5.75 Å². The van der Waals surface area contributed by atoms with Gasteiger partial charge in [0.05, 0.1) is 20.0 Å². The molecule has 0 spiro atoms. The standard InChI is InChI=1S/C12H12N2O3.ClH/c1-17-11-5-3-2-4-9(11)6-14-7-10(12(15)16)13-8-14;/h2-5,7-8H,6H2,1H3,(H,15,16);1H. The second-order valence-electron chi connectivity index (χ2n) is 3.55. The minimum absolute atomic E-state index is 0. The Kier molecular flexibility index (Phi) is 4.74. The molecule has 1 heterocycles. The fourth-order valence-corrected chi connectivity index (χ4v) is 1.59. The van der Waals surface area contributed by atoms with E-state index in [0.717, 1.165) is 11.3 Å². The molecule has 0 aliphatic rings. The number of methoxy groups -OCH3 is 1. The summed E-state index contributed by atoms with van der Waals surface area (Å²) in [6, 6.07) is 7.59. The topological polar surface area (TPSA) is 64.4 Å². The fourth-order valence-electron chi connectivity index (χ4n) is 1.59. The lowest BCUT2D eigenvalue weighted by molar-refractivity contribution is 0.0691. The molecule has 0 aliphatic heterocycles. The van der Waals surface area contributed by atoms with E-state index in [-0.39, 0.29) is 18.1 Å². The summed E-state index contributed by atoms with van der Waals surface area (Å²) in [6.07, 6.45) is 2.99. The zero-order valence-corrected chi connectivity index (χ0v) is 10.6. The predicted molar refractivity (Wildman–Crippen MR) is 68.5 cm³/mol. The van der Waals surface area contributed by atoms with E-state index in [1.807, 2.05) is 24.3 Å². The number of ether oxygens (including phenoxy) is 1. The average molecular weight is 269 g/mol. The molecule has 0 amide bonds. The summed E-state index contributed by atoms with van der Waals surface area (Å²) in [7, 11) is 1.61. The summed E-state index contributed by atoms with van der Waals surface area (Å²) in [5, 5.41) is 8.76. The zero-order chi connectivity index (χ0) is 12.3. The Balaban J connectivity index is 0.00000162. The normalized spacial score (nSPS) is 9.61. The fraction of sp³-hybridized carbons (Fsp3) is 0.167. The second-order valence-corrected chi connectivity index (χ2v) is 3.55. The van der Waals surface area contributed by atoms with Crippen LogP contribution in [-0.4, -0.2) is 27.7 Å². The van der Waals surface area contributed by atoms with E-state index in [1.165, 1.54) is 12.5 Å². The summed E-state index contributed by atoms with van der Waals surface area (Å²) in [5.41, 5.74) is 1.02. The Morgan fingerprint density at radius 1 is 1.44 bits per heavy atom. The van der Waals surface area contributed by atoms with Crippen LogP contribution in [0.2, 0.25) is 0 Å². The minimum Gasteiger partial charge on any atom is -0.496 e. The van der Waals surface area contributed by atoms with Gasteiger partial charge in [-0.15, -0.1) is 12.4 Å². The van der Waals surface area contributed by atoms with Crippen molar-refractivity contribution in [2.45, 2.75) is 6.54 Å². The lowest BCUT2D eigenvalue weighted by atomic mass is 10.2. The third-order valence-corrected chi connectivity index (χ3v) is 2.40. The molecule has 0 fully saturated rings. The average Bonchev–Trinajstić information content (AvgIpc) is 2.78. The number of nitrogens with zero attached hydrogens (tertiary/aromatic N) is 2. The number of hydrogen-bond acceptors (Lipinski definition) is 3. The van der Waals surface area contributed by atoms with Crippen LogP contribution in [0.4, 0.5) is 0 Å². The molecule has 0 atom stereocenters. The number of aromatic carboxylic acids is 1. The molecular formula is C12H13ClN2O3. The number of aromatic nitrogens is 2. The Morgan fingerprint density at radius 2 is 2.17 bits per heavy atom. The summed E-state index contributed by atoms with van der Waals surface area (Å²) in [6.45, 7) is 0.532. The van der Waals surface area contributed by atoms with Crippen molar-refractivity contribution in [2.24, 2.45) is 0 Å². The number of imidazole rings is 1. The van der Waals surface area contributed by atoms with Crippen LogP contribution in [0.25, 0.3) is 0 Å². The molecule has 0 bridgehead atoms. The van der Waals surface area contributed by atoms with Gasteiger partial charge in [0, 0.05) is 11.8 Å². The van der Waals surface area contributed by atoms with Gasteiger partial charge in [-0.25, -0.2) is 9.78 Å². The van der Waals surface area contributed by atoms with Gasteiger partial charge in [0.2, 0.25) is 0 Å². The van der Waals surface area contributed by atoms with Crippen LogP contribution in [-0.2, 0) is 6.54 Å². The molecule has 2 rings (SSSR count). The van der Waals surface area contributed by atoms with Crippen LogP contribution in [0, 0.1) is 0 Å². The maximum Gasteiger partial charge on any atom is 0.356 e. The van der Waals surface area contributed by atoms with Crippen molar-refractivity contribution in [1.82, 2.24) is 9.55 Å². The van der Waals surface area contributed by atoms with Crippen molar-refractivity contribution in [3.8, 4) is 5.75 Å². The molecule has 0 saturated heterocycles. The minimum atomic E-state index is -1.02. The van der Waals surface area contributed by atoms with E-state index in [9.17, 15) is 4.79 Å². The maximum atomic E-state index is 10.7. The van der Waals surface area contributed by atoms with Crippen molar-refractivity contribution in [3.63, 3.8) is 0 Å². The smallest absolute Gasteiger partial charge is 0.356 e. The molecule has 0 radical (unpaired) electrons. The molecule has 2 aromatic rings. The Hall–Kier alpha value is -2.01. The van der Waals surface area contributed by atoms with Crippen molar-refractivity contribution < 1.29 is 14.6 Å². The van der Waals surface area contributed by atoms with Crippen LogP contribution in [0.1, 0.15) is 16.1 Å². The van der Waals surface area contributed by atoms with E-state index in [4.69, 9.17) is 9.84 Å². The van der Waals surface area contributed by atoms with Crippen LogP contribution in [0.15, 0.2) is 36.8 Å². The molecule has 18 heavy (non-hydrogen) atoms. The molecule has 0 saturated carbocycles. The SMILES string of the molecule is COc1ccccc1Cn1cnc(C(=O)O)c1.Cl. The first-order valence-corrected chi connectivity index (χ1v) is 5.07. The van der Waals surface area contributed by atoms with Crippen molar-refractivity contribution >= 4 is 18.4 Å². The van der Waals surface area contributed by atoms with Gasteiger partial charge in [-0.05, 0) is 6.07 Å². The van der Waals surface area contributed by atoms with E-state index in [1.54, 1.807) is 11.7 Å². The summed E-state index contributed by atoms with van der Waals surface area (Å²) < 4.78 is 6.93. The van der Waals surface area contributed by atoms with Gasteiger partial charge in [-0.2, -0.15) is 0 Å². The number of para-hydroxylation sites is 1. The van der Waals surface area contributed by atoms with E-state index < -0.39 is 5.97 Å². The summed E-state index contributed by atoms with van der Waals surface area (Å²) in [4.78, 5) is 14.5. The van der Waals surface area contributed by atoms with Crippen LogP contribution < -0.4 is 4.74 Å². The van der Waals surface area contributed by atoms with Crippen molar-refractivity contribution in [2.75, 3.05) is 7.11 Å². The van der Waals surface area contributed by atoms with E-state index in [2.05, 4.69) is 4.98 Å². The number of benzene rings is 1. The zero-order valence-electron chi connectivity index (χ0n) is 9.74. The summed E-state index contributed by atoms with van der Waals surface area (Å²) in [5.74, 6) is -0.248. The van der Waals surface area contributed by atoms with Crippen molar-refractivity contribution in [1.29, 1.82) is 0 Å². The first-order chi connectivity index (χ1) is 8.20. The first kappa shape index (κ1) is 14.1. The van der Waals surface area contributed by atoms with Gasteiger partial charge in [0.15, 0.2) is 5.69 Å². The third kappa shape index (κ3) is 3.01. The number of rotatable bonds is 4. The molecular weight excluding hydrogens is 256 g/mol. The second kappa shape index (κ2) is 6.07. The van der Waals surface area contributed by atoms with Crippen molar-refractivity contribution in [3.05, 3.63) is 48.0 Å².